The summed E-state index contributed by atoms with van der Waals surface area (Å²) in [6.07, 6.45) is 4.67. The van der Waals surface area contributed by atoms with Crippen LogP contribution < -0.4 is 10.1 Å². The fraction of sp³-hybridized carbons (Fsp3) is 0.381. The third-order valence-corrected chi connectivity index (χ3v) is 5.15. The Kier molecular flexibility index (Phi) is 5.98. The fourth-order valence-corrected chi connectivity index (χ4v) is 3.59. The lowest BCUT2D eigenvalue weighted by Crippen LogP contribution is -2.43. The Labute approximate surface area is 154 Å². The summed E-state index contributed by atoms with van der Waals surface area (Å²) in [6.45, 7) is 2.19. The van der Waals surface area contributed by atoms with Gasteiger partial charge in [-0.25, -0.2) is 0 Å². The lowest BCUT2D eigenvalue weighted by molar-refractivity contribution is -0.124. The van der Waals surface area contributed by atoms with E-state index in [0.717, 1.165) is 17.5 Å². The number of carbonyl (C=O) groups excluding carboxylic acids is 1. The van der Waals surface area contributed by atoms with Gasteiger partial charge in [0.1, 0.15) is 5.75 Å². The van der Waals surface area contributed by atoms with E-state index in [9.17, 15) is 4.79 Å². The second kappa shape index (κ2) is 8.39. The average Bonchev–Trinajstić information content (AvgIpc) is 2.63. The van der Waals surface area contributed by atoms with Crippen molar-refractivity contribution in [2.75, 3.05) is 6.61 Å². The van der Waals surface area contributed by atoms with Gasteiger partial charge in [0.05, 0.1) is 5.02 Å². The van der Waals surface area contributed by atoms with Crippen molar-refractivity contribution in [2.45, 2.75) is 38.6 Å². The predicted molar refractivity (Wildman–Crippen MR) is 102 cm³/mol. The zero-order valence-corrected chi connectivity index (χ0v) is 15.3. The van der Waals surface area contributed by atoms with Gasteiger partial charge in [-0.1, -0.05) is 67.8 Å². The molecule has 1 fully saturated rings. The summed E-state index contributed by atoms with van der Waals surface area (Å²) in [5.41, 5.74) is 2.12. The maximum Gasteiger partial charge on any atom is 0.258 e. The average molecular weight is 358 g/mol. The number of rotatable bonds is 5. The Bertz CT molecular complexity index is 717. The Hall–Kier alpha value is -2.00. The zero-order valence-electron chi connectivity index (χ0n) is 14.5. The third-order valence-electron chi connectivity index (χ3n) is 4.86. The molecule has 0 heterocycles. The Balaban J connectivity index is 1.57. The van der Waals surface area contributed by atoms with Gasteiger partial charge in [0.2, 0.25) is 0 Å². The van der Waals surface area contributed by atoms with Crippen molar-refractivity contribution in [2.24, 2.45) is 5.92 Å². The summed E-state index contributed by atoms with van der Waals surface area (Å²) in [5, 5.41) is 3.60. The van der Waals surface area contributed by atoms with Gasteiger partial charge in [0.25, 0.3) is 5.91 Å². The number of halogens is 1. The SMILES string of the molecule is C[C@@H]1CCCC[C@H]1NC(=O)COc1ccc(-c2ccccc2)cc1Cl. The van der Waals surface area contributed by atoms with E-state index in [1.54, 1.807) is 0 Å². The van der Waals surface area contributed by atoms with Gasteiger partial charge in [-0.05, 0) is 42.0 Å². The maximum absolute atomic E-state index is 12.2. The van der Waals surface area contributed by atoms with Crippen molar-refractivity contribution in [3.05, 3.63) is 53.6 Å². The van der Waals surface area contributed by atoms with E-state index < -0.39 is 0 Å². The molecular formula is C21H24ClNO2. The summed E-state index contributed by atoms with van der Waals surface area (Å²) < 4.78 is 5.62. The summed E-state index contributed by atoms with van der Waals surface area (Å²) in [7, 11) is 0. The van der Waals surface area contributed by atoms with Gasteiger partial charge in [0, 0.05) is 6.04 Å². The van der Waals surface area contributed by atoms with Crippen LogP contribution in [-0.4, -0.2) is 18.6 Å². The molecule has 0 aliphatic heterocycles. The quantitative estimate of drug-likeness (QED) is 0.810. The van der Waals surface area contributed by atoms with E-state index in [2.05, 4.69) is 12.2 Å². The van der Waals surface area contributed by atoms with Gasteiger partial charge in [0.15, 0.2) is 6.61 Å². The van der Waals surface area contributed by atoms with Gasteiger partial charge >= 0.3 is 0 Å². The molecule has 2 atom stereocenters. The molecule has 2 aromatic carbocycles. The standard InChI is InChI=1S/C21H24ClNO2/c1-15-7-5-6-10-19(15)23-21(24)14-25-20-12-11-17(13-18(20)22)16-8-3-2-4-9-16/h2-4,8-9,11-13,15,19H,5-7,10,14H2,1H3,(H,23,24)/t15-,19-/m1/s1. The van der Waals surface area contributed by atoms with Crippen LogP contribution in [0.2, 0.25) is 5.02 Å². The molecule has 1 saturated carbocycles. The van der Waals surface area contributed by atoms with Crippen LogP contribution in [0, 0.1) is 5.92 Å². The summed E-state index contributed by atoms with van der Waals surface area (Å²) >= 11 is 6.32. The maximum atomic E-state index is 12.2. The molecule has 0 aromatic heterocycles. The molecule has 132 valence electrons. The number of nitrogens with one attached hydrogen (secondary N) is 1. The van der Waals surface area contributed by atoms with Crippen LogP contribution in [-0.2, 0) is 4.79 Å². The molecule has 4 heteroatoms. The first kappa shape index (κ1) is 17.8. The Morgan fingerprint density at radius 1 is 1.12 bits per heavy atom. The number of ether oxygens (including phenoxy) is 1. The lowest BCUT2D eigenvalue weighted by atomic mass is 9.86. The van der Waals surface area contributed by atoms with Crippen LogP contribution in [0.15, 0.2) is 48.5 Å². The van der Waals surface area contributed by atoms with E-state index in [1.807, 2.05) is 48.5 Å². The molecule has 1 amide bonds. The topological polar surface area (TPSA) is 38.3 Å². The van der Waals surface area contributed by atoms with Crippen LogP contribution in [0.3, 0.4) is 0 Å². The Morgan fingerprint density at radius 2 is 1.88 bits per heavy atom. The lowest BCUT2D eigenvalue weighted by Gasteiger charge is -2.29. The molecule has 1 aliphatic carbocycles. The van der Waals surface area contributed by atoms with E-state index in [-0.39, 0.29) is 18.6 Å². The molecule has 0 unspecified atom stereocenters. The minimum atomic E-state index is -0.0815. The summed E-state index contributed by atoms with van der Waals surface area (Å²) in [5.74, 6) is 0.988. The zero-order chi connectivity index (χ0) is 17.6. The molecule has 3 rings (SSSR count). The van der Waals surface area contributed by atoms with Crippen molar-refractivity contribution in [3.63, 3.8) is 0 Å². The molecule has 2 aromatic rings. The summed E-state index contributed by atoms with van der Waals surface area (Å²) in [4.78, 5) is 12.2. The first-order valence-corrected chi connectivity index (χ1v) is 9.28. The second-order valence-electron chi connectivity index (χ2n) is 6.74. The molecule has 3 nitrogen and oxygen atoms in total. The van der Waals surface area contributed by atoms with Gasteiger partial charge < -0.3 is 10.1 Å². The molecular weight excluding hydrogens is 334 g/mol. The van der Waals surface area contributed by atoms with Crippen molar-refractivity contribution < 1.29 is 9.53 Å². The minimum absolute atomic E-state index is 0.00633. The highest BCUT2D eigenvalue weighted by molar-refractivity contribution is 6.32. The highest BCUT2D eigenvalue weighted by atomic mass is 35.5. The van der Waals surface area contributed by atoms with Crippen molar-refractivity contribution in [1.29, 1.82) is 0 Å². The number of hydrogen-bond donors (Lipinski definition) is 1. The smallest absolute Gasteiger partial charge is 0.258 e. The number of carbonyl (C=O) groups is 1. The Morgan fingerprint density at radius 3 is 2.60 bits per heavy atom. The van der Waals surface area contributed by atoms with Crippen LogP contribution in [0.4, 0.5) is 0 Å². The van der Waals surface area contributed by atoms with Crippen LogP contribution >= 0.6 is 11.6 Å². The van der Waals surface area contributed by atoms with Gasteiger partial charge in [-0.2, -0.15) is 0 Å². The molecule has 0 spiro atoms. The fourth-order valence-electron chi connectivity index (χ4n) is 3.35. The van der Waals surface area contributed by atoms with Crippen LogP contribution in [0.5, 0.6) is 5.75 Å². The number of hydrogen-bond acceptors (Lipinski definition) is 2. The van der Waals surface area contributed by atoms with Crippen molar-refractivity contribution >= 4 is 17.5 Å². The molecule has 1 N–H and O–H groups in total. The first-order chi connectivity index (χ1) is 12.1. The monoisotopic (exact) mass is 357 g/mol. The third kappa shape index (κ3) is 4.76. The second-order valence-corrected chi connectivity index (χ2v) is 7.14. The van der Waals surface area contributed by atoms with Crippen LogP contribution in [0.25, 0.3) is 11.1 Å². The van der Waals surface area contributed by atoms with E-state index in [1.165, 1.54) is 19.3 Å². The highest BCUT2D eigenvalue weighted by Crippen LogP contribution is 2.30. The highest BCUT2D eigenvalue weighted by Gasteiger charge is 2.22. The first-order valence-electron chi connectivity index (χ1n) is 8.90. The van der Waals surface area contributed by atoms with Crippen molar-refractivity contribution in [1.82, 2.24) is 5.32 Å². The van der Waals surface area contributed by atoms with E-state index >= 15 is 0 Å². The van der Waals surface area contributed by atoms with Crippen molar-refractivity contribution in [3.8, 4) is 16.9 Å². The number of amides is 1. The largest absolute Gasteiger partial charge is 0.482 e. The normalized spacial score (nSPS) is 20.1. The molecule has 0 radical (unpaired) electrons. The molecule has 1 aliphatic rings. The molecule has 25 heavy (non-hydrogen) atoms. The molecule has 0 saturated heterocycles. The summed E-state index contributed by atoms with van der Waals surface area (Å²) in [6, 6.07) is 15.9. The molecule has 0 bridgehead atoms. The van der Waals surface area contributed by atoms with Gasteiger partial charge in [-0.3, -0.25) is 4.79 Å². The van der Waals surface area contributed by atoms with Crippen LogP contribution in [0.1, 0.15) is 32.6 Å². The van der Waals surface area contributed by atoms with E-state index in [0.29, 0.717) is 16.7 Å². The van der Waals surface area contributed by atoms with E-state index in [4.69, 9.17) is 16.3 Å². The minimum Gasteiger partial charge on any atom is -0.482 e. The number of benzene rings is 2. The predicted octanol–water partition coefficient (Wildman–Crippen LogP) is 5.08. The van der Waals surface area contributed by atoms with Gasteiger partial charge in [-0.15, -0.1) is 0 Å².